The number of anilines is 1. The molecular formula is C20H28N3O3S2+. The number of quaternary nitrogens is 1. The minimum Gasteiger partial charge on any atom is -0.323 e. The van der Waals surface area contributed by atoms with Crippen LogP contribution in [-0.4, -0.2) is 44.8 Å². The number of hydrogen-bond donors (Lipinski definition) is 2. The van der Waals surface area contributed by atoms with Crippen LogP contribution in [0.4, 0.5) is 5.69 Å². The maximum absolute atomic E-state index is 12.7. The molecule has 1 aromatic heterocycles. The van der Waals surface area contributed by atoms with E-state index in [9.17, 15) is 13.2 Å². The Kier molecular flexibility index (Phi) is 7.23. The van der Waals surface area contributed by atoms with Gasteiger partial charge in [-0.1, -0.05) is 12.5 Å². The van der Waals surface area contributed by atoms with E-state index in [1.165, 1.54) is 9.78 Å². The number of thiophene rings is 1. The number of hydrogen-bond acceptors (Lipinski definition) is 4. The van der Waals surface area contributed by atoms with Crippen molar-refractivity contribution in [1.29, 1.82) is 0 Å². The van der Waals surface area contributed by atoms with Gasteiger partial charge in [-0.15, -0.1) is 11.3 Å². The fourth-order valence-corrected chi connectivity index (χ4v) is 5.66. The maximum Gasteiger partial charge on any atom is 0.279 e. The van der Waals surface area contributed by atoms with Gasteiger partial charge in [-0.25, -0.2) is 8.42 Å². The Hall–Kier alpha value is -1.74. The summed E-state index contributed by atoms with van der Waals surface area (Å²) in [7, 11) is -3.44. The highest BCUT2D eigenvalue weighted by atomic mass is 32.2. The summed E-state index contributed by atoms with van der Waals surface area (Å²) in [5.41, 5.74) is 0.620. The Labute approximate surface area is 171 Å². The SMILES string of the molecule is CC[NH+](CC(=O)Nc1ccc(S(=O)(=O)N2CCCCC2)cc1)Cc1cccs1. The molecule has 0 saturated carbocycles. The van der Waals surface area contributed by atoms with Crippen LogP contribution in [0.5, 0.6) is 0 Å². The minimum absolute atomic E-state index is 0.0694. The number of carbonyl (C=O) groups excluding carboxylic acids is 1. The Bertz CT molecular complexity index is 859. The van der Waals surface area contributed by atoms with Gasteiger partial charge in [0.15, 0.2) is 6.54 Å². The topological polar surface area (TPSA) is 70.9 Å². The van der Waals surface area contributed by atoms with Gasteiger partial charge in [-0.2, -0.15) is 4.31 Å². The van der Waals surface area contributed by atoms with Crippen molar-refractivity contribution in [2.45, 2.75) is 37.6 Å². The van der Waals surface area contributed by atoms with Crippen molar-refractivity contribution in [3.63, 3.8) is 0 Å². The summed E-state index contributed by atoms with van der Waals surface area (Å²) in [5.74, 6) is -0.0694. The summed E-state index contributed by atoms with van der Waals surface area (Å²) >= 11 is 1.70. The first kappa shape index (κ1) is 21.0. The molecule has 6 nitrogen and oxygen atoms in total. The molecule has 1 unspecified atom stereocenters. The Balaban J connectivity index is 1.58. The second-order valence-electron chi connectivity index (χ2n) is 7.07. The molecule has 0 bridgehead atoms. The fraction of sp³-hybridized carbons (Fsp3) is 0.450. The highest BCUT2D eigenvalue weighted by Gasteiger charge is 2.25. The summed E-state index contributed by atoms with van der Waals surface area (Å²) in [5, 5.41) is 4.92. The molecular weight excluding hydrogens is 394 g/mol. The zero-order valence-corrected chi connectivity index (χ0v) is 17.8. The average molecular weight is 423 g/mol. The molecule has 2 heterocycles. The predicted octanol–water partition coefficient (Wildman–Crippen LogP) is 1.97. The number of sulfonamides is 1. The van der Waals surface area contributed by atoms with Crippen molar-refractivity contribution in [3.8, 4) is 0 Å². The van der Waals surface area contributed by atoms with Gasteiger partial charge < -0.3 is 10.2 Å². The van der Waals surface area contributed by atoms with E-state index in [1.807, 2.05) is 11.4 Å². The fourth-order valence-electron chi connectivity index (χ4n) is 3.37. The smallest absolute Gasteiger partial charge is 0.279 e. The van der Waals surface area contributed by atoms with E-state index in [4.69, 9.17) is 0 Å². The molecule has 3 rings (SSSR count). The lowest BCUT2D eigenvalue weighted by Gasteiger charge is -2.25. The summed E-state index contributed by atoms with van der Waals surface area (Å²) in [6.07, 6.45) is 2.91. The molecule has 1 amide bonds. The molecule has 0 radical (unpaired) electrons. The monoisotopic (exact) mass is 422 g/mol. The normalized spacial score (nSPS) is 16.6. The van der Waals surface area contributed by atoms with Crippen molar-refractivity contribution < 1.29 is 18.1 Å². The van der Waals surface area contributed by atoms with E-state index in [0.717, 1.165) is 32.4 Å². The number of benzene rings is 1. The van der Waals surface area contributed by atoms with E-state index >= 15 is 0 Å². The Morgan fingerprint density at radius 2 is 1.86 bits per heavy atom. The van der Waals surface area contributed by atoms with Crippen LogP contribution in [0.3, 0.4) is 0 Å². The number of nitrogens with zero attached hydrogens (tertiary/aromatic N) is 1. The molecule has 0 aliphatic carbocycles. The lowest BCUT2D eigenvalue weighted by atomic mass is 10.2. The largest absolute Gasteiger partial charge is 0.323 e. The molecule has 152 valence electrons. The molecule has 1 aliphatic heterocycles. The van der Waals surface area contributed by atoms with Gasteiger partial charge in [0.05, 0.1) is 16.3 Å². The lowest BCUT2D eigenvalue weighted by Crippen LogP contribution is -3.11. The van der Waals surface area contributed by atoms with Crippen molar-refractivity contribution >= 4 is 33.0 Å². The van der Waals surface area contributed by atoms with E-state index in [-0.39, 0.29) is 10.8 Å². The first-order chi connectivity index (χ1) is 13.5. The number of likely N-dealkylation sites (N-methyl/N-ethyl adjacent to an activating group) is 1. The number of nitrogens with one attached hydrogen (secondary N) is 2. The number of rotatable bonds is 8. The van der Waals surface area contributed by atoms with Crippen LogP contribution in [0.25, 0.3) is 0 Å². The van der Waals surface area contributed by atoms with Crippen molar-refractivity contribution in [1.82, 2.24) is 4.31 Å². The molecule has 2 aromatic rings. The lowest BCUT2D eigenvalue weighted by molar-refractivity contribution is -0.903. The van der Waals surface area contributed by atoms with E-state index in [1.54, 1.807) is 39.9 Å². The number of amides is 1. The second kappa shape index (κ2) is 9.65. The third-order valence-corrected chi connectivity index (χ3v) is 7.80. The molecule has 28 heavy (non-hydrogen) atoms. The van der Waals surface area contributed by atoms with Crippen molar-refractivity contribution in [3.05, 3.63) is 46.7 Å². The van der Waals surface area contributed by atoms with Gasteiger partial charge in [0, 0.05) is 18.8 Å². The van der Waals surface area contributed by atoms with Crippen LogP contribution in [0.2, 0.25) is 0 Å². The minimum atomic E-state index is -3.44. The maximum atomic E-state index is 12.7. The van der Waals surface area contributed by atoms with Crippen LogP contribution in [0, 0.1) is 0 Å². The zero-order chi connectivity index (χ0) is 20.0. The zero-order valence-electron chi connectivity index (χ0n) is 16.2. The van der Waals surface area contributed by atoms with Gasteiger partial charge in [-0.3, -0.25) is 4.79 Å². The predicted molar refractivity (Wildman–Crippen MR) is 112 cm³/mol. The van der Waals surface area contributed by atoms with Gasteiger partial charge in [0.1, 0.15) is 6.54 Å². The molecule has 0 spiro atoms. The summed E-state index contributed by atoms with van der Waals surface area (Å²) in [4.78, 5) is 15.1. The summed E-state index contributed by atoms with van der Waals surface area (Å²) in [6.45, 7) is 5.30. The van der Waals surface area contributed by atoms with Gasteiger partial charge in [-0.05, 0) is 55.5 Å². The quantitative estimate of drug-likeness (QED) is 0.683. The first-order valence-electron chi connectivity index (χ1n) is 9.75. The van der Waals surface area contributed by atoms with E-state index in [0.29, 0.717) is 25.3 Å². The van der Waals surface area contributed by atoms with Crippen LogP contribution < -0.4 is 10.2 Å². The molecule has 1 atom stereocenters. The highest BCUT2D eigenvalue weighted by Crippen LogP contribution is 2.21. The third kappa shape index (κ3) is 5.41. The number of piperidine rings is 1. The highest BCUT2D eigenvalue weighted by molar-refractivity contribution is 7.89. The molecule has 1 aliphatic rings. The Morgan fingerprint density at radius 1 is 1.14 bits per heavy atom. The number of carbonyl (C=O) groups is 1. The van der Waals surface area contributed by atoms with Crippen molar-refractivity contribution in [2.75, 3.05) is 31.5 Å². The van der Waals surface area contributed by atoms with Gasteiger partial charge in [0.2, 0.25) is 10.0 Å². The van der Waals surface area contributed by atoms with Crippen LogP contribution >= 0.6 is 11.3 Å². The summed E-state index contributed by atoms with van der Waals surface area (Å²) < 4.78 is 26.9. The van der Waals surface area contributed by atoms with Crippen LogP contribution in [-0.2, 0) is 21.4 Å². The Morgan fingerprint density at radius 3 is 2.46 bits per heavy atom. The second-order valence-corrected chi connectivity index (χ2v) is 10.0. The molecule has 2 N–H and O–H groups in total. The van der Waals surface area contributed by atoms with E-state index in [2.05, 4.69) is 18.3 Å². The molecule has 1 saturated heterocycles. The summed E-state index contributed by atoms with van der Waals surface area (Å²) in [6, 6.07) is 10.6. The average Bonchev–Trinajstić information content (AvgIpc) is 3.21. The standard InChI is InChI=1S/C20H27N3O3S2/c1-2-22(15-18-7-6-14-27-18)16-20(24)21-17-8-10-19(11-9-17)28(25,26)23-12-4-3-5-13-23/h6-11,14H,2-5,12-13,15-16H2,1H3,(H,21,24)/p+1. The third-order valence-electron chi connectivity index (χ3n) is 5.01. The van der Waals surface area contributed by atoms with Crippen molar-refractivity contribution in [2.24, 2.45) is 0 Å². The van der Waals surface area contributed by atoms with Crippen LogP contribution in [0.1, 0.15) is 31.1 Å². The van der Waals surface area contributed by atoms with Crippen LogP contribution in [0.15, 0.2) is 46.7 Å². The first-order valence-corrected chi connectivity index (χ1v) is 12.1. The molecule has 1 aromatic carbocycles. The van der Waals surface area contributed by atoms with E-state index < -0.39 is 10.0 Å². The van der Waals surface area contributed by atoms with Gasteiger partial charge >= 0.3 is 0 Å². The van der Waals surface area contributed by atoms with Gasteiger partial charge in [0.25, 0.3) is 5.91 Å². The molecule has 1 fully saturated rings. The molecule has 8 heteroatoms.